The Hall–Kier alpha value is -3.19. The number of carbonyl (C=O) groups is 1. The molecule has 4 aromatic rings. The van der Waals surface area contributed by atoms with Crippen molar-refractivity contribution in [2.75, 3.05) is 5.32 Å². The van der Waals surface area contributed by atoms with Gasteiger partial charge in [-0.1, -0.05) is 38.1 Å². The Morgan fingerprint density at radius 1 is 1.14 bits per heavy atom. The van der Waals surface area contributed by atoms with Crippen molar-refractivity contribution in [3.63, 3.8) is 0 Å². The zero-order valence-electron chi connectivity index (χ0n) is 16.2. The van der Waals surface area contributed by atoms with Gasteiger partial charge in [0, 0.05) is 17.0 Å². The number of fused-ring (bicyclic) bond motifs is 1. The zero-order valence-corrected chi connectivity index (χ0v) is 17.0. The number of hydrogen-bond donors (Lipinski definition) is 2. The molecular formula is C22H21N5OS. The van der Waals surface area contributed by atoms with E-state index in [1.54, 1.807) is 18.0 Å². The number of anilines is 1. The molecule has 29 heavy (non-hydrogen) atoms. The van der Waals surface area contributed by atoms with Gasteiger partial charge in [-0.3, -0.25) is 9.89 Å². The third-order valence-electron chi connectivity index (χ3n) is 4.61. The molecule has 2 heterocycles. The Kier molecular flexibility index (Phi) is 5.57. The topological polar surface area (TPSA) is 83.6 Å². The van der Waals surface area contributed by atoms with Crippen molar-refractivity contribution >= 4 is 34.4 Å². The molecule has 2 N–H and O–H groups in total. The lowest BCUT2D eigenvalue weighted by atomic mass is 10.0. The van der Waals surface area contributed by atoms with Crippen LogP contribution in [-0.2, 0) is 5.75 Å². The molecule has 2 aromatic carbocycles. The Morgan fingerprint density at radius 3 is 2.76 bits per heavy atom. The van der Waals surface area contributed by atoms with Gasteiger partial charge in [0.25, 0.3) is 5.91 Å². The molecule has 0 aliphatic rings. The molecule has 7 heteroatoms. The van der Waals surface area contributed by atoms with Crippen LogP contribution < -0.4 is 5.32 Å². The van der Waals surface area contributed by atoms with E-state index in [0.29, 0.717) is 17.2 Å². The van der Waals surface area contributed by atoms with Gasteiger partial charge in [-0.05, 0) is 41.3 Å². The second-order valence-electron chi connectivity index (χ2n) is 7.03. The number of rotatable bonds is 6. The molecule has 0 aliphatic heterocycles. The molecule has 0 unspecified atom stereocenters. The lowest BCUT2D eigenvalue weighted by Crippen LogP contribution is -2.12. The van der Waals surface area contributed by atoms with Gasteiger partial charge in [0.2, 0.25) is 0 Å². The van der Waals surface area contributed by atoms with Crippen molar-refractivity contribution in [3.8, 4) is 0 Å². The van der Waals surface area contributed by atoms with Crippen LogP contribution in [0.1, 0.15) is 41.3 Å². The standard InChI is InChI=1S/C22H21N5OS/c1-14(2)16-6-8-18(9-7-16)26-21(28)17-5-3-4-15(10-17)12-29-22-19-11-25-27-20(19)23-13-24-22/h3-11,13-14H,12H2,1-2H3,(H,26,28)(H,23,24,25,27). The fraction of sp³-hybridized carbons (Fsp3) is 0.182. The first-order valence-electron chi connectivity index (χ1n) is 9.37. The molecule has 0 radical (unpaired) electrons. The van der Waals surface area contributed by atoms with E-state index in [0.717, 1.165) is 27.3 Å². The van der Waals surface area contributed by atoms with Crippen LogP contribution in [0.3, 0.4) is 0 Å². The summed E-state index contributed by atoms with van der Waals surface area (Å²) in [5.41, 5.74) is 4.44. The highest BCUT2D eigenvalue weighted by Crippen LogP contribution is 2.26. The maximum atomic E-state index is 12.6. The van der Waals surface area contributed by atoms with Gasteiger partial charge in [0.05, 0.1) is 11.6 Å². The summed E-state index contributed by atoms with van der Waals surface area (Å²) < 4.78 is 0. The highest BCUT2D eigenvalue weighted by molar-refractivity contribution is 7.98. The molecule has 0 saturated carbocycles. The Labute approximate surface area is 173 Å². The molecule has 0 atom stereocenters. The zero-order chi connectivity index (χ0) is 20.2. The summed E-state index contributed by atoms with van der Waals surface area (Å²) in [6.45, 7) is 4.30. The number of nitrogens with zero attached hydrogens (tertiary/aromatic N) is 3. The largest absolute Gasteiger partial charge is 0.322 e. The van der Waals surface area contributed by atoms with Crippen LogP contribution in [0.2, 0.25) is 0 Å². The van der Waals surface area contributed by atoms with Gasteiger partial charge in [0.15, 0.2) is 5.65 Å². The van der Waals surface area contributed by atoms with Crippen LogP contribution in [0.15, 0.2) is 66.1 Å². The van der Waals surface area contributed by atoms with Crippen molar-refractivity contribution in [3.05, 3.63) is 77.7 Å². The third-order valence-corrected chi connectivity index (χ3v) is 5.69. The molecule has 0 bridgehead atoms. The molecule has 0 aliphatic carbocycles. The van der Waals surface area contributed by atoms with Gasteiger partial charge in [-0.25, -0.2) is 9.97 Å². The second-order valence-corrected chi connectivity index (χ2v) is 8.00. The molecule has 0 fully saturated rings. The van der Waals surface area contributed by atoms with Crippen LogP contribution in [0, 0.1) is 0 Å². The molecule has 0 saturated heterocycles. The molecule has 0 spiro atoms. The Bertz CT molecular complexity index is 1140. The van der Waals surface area contributed by atoms with Crippen LogP contribution in [0.25, 0.3) is 11.0 Å². The summed E-state index contributed by atoms with van der Waals surface area (Å²) in [7, 11) is 0. The third kappa shape index (κ3) is 4.46. The highest BCUT2D eigenvalue weighted by atomic mass is 32.2. The quantitative estimate of drug-likeness (QED) is 0.349. The summed E-state index contributed by atoms with van der Waals surface area (Å²) in [5.74, 6) is 1.04. The van der Waals surface area contributed by atoms with Crippen molar-refractivity contribution in [2.45, 2.75) is 30.5 Å². The lowest BCUT2D eigenvalue weighted by Gasteiger charge is -2.09. The first-order chi connectivity index (χ1) is 14.1. The number of hydrogen-bond acceptors (Lipinski definition) is 5. The van der Waals surface area contributed by atoms with Gasteiger partial charge in [0.1, 0.15) is 11.4 Å². The van der Waals surface area contributed by atoms with Crippen LogP contribution in [0.5, 0.6) is 0 Å². The number of thioether (sulfide) groups is 1. The highest BCUT2D eigenvalue weighted by Gasteiger charge is 2.10. The molecule has 6 nitrogen and oxygen atoms in total. The maximum Gasteiger partial charge on any atom is 0.255 e. The summed E-state index contributed by atoms with van der Waals surface area (Å²) >= 11 is 1.59. The molecule has 1 amide bonds. The summed E-state index contributed by atoms with van der Waals surface area (Å²) in [5, 5.41) is 11.6. The SMILES string of the molecule is CC(C)c1ccc(NC(=O)c2cccc(CSc3ncnc4[nH]ncc34)c2)cc1. The van der Waals surface area contributed by atoms with E-state index in [9.17, 15) is 4.79 Å². The van der Waals surface area contributed by atoms with Gasteiger partial charge >= 0.3 is 0 Å². The number of nitrogens with one attached hydrogen (secondary N) is 2. The summed E-state index contributed by atoms with van der Waals surface area (Å²) in [6.07, 6.45) is 3.25. The number of H-pyrrole nitrogens is 1. The van der Waals surface area contributed by atoms with Gasteiger partial charge in [-0.2, -0.15) is 5.10 Å². The smallest absolute Gasteiger partial charge is 0.255 e. The predicted octanol–water partition coefficient (Wildman–Crippen LogP) is 5.02. The predicted molar refractivity (Wildman–Crippen MR) is 116 cm³/mol. The van der Waals surface area contributed by atoms with E-state index in [2.05, 4.69) is 39.3 Å². The van der Waals surface area contributed by atoms with Gasteiger partial charge < -0.3 is 5.32 Å². The minimum absolute atomic E-state index is 0.117. The van der Waals surface area contributed by atoms with E-state index in [4.69, 9.17) is 0 Å². The van der Waals surface area contributed by atoms with E-state index in [-0.39, 0.29) is 5.91 Å². The summed E-state index contributed by atoms with van der Waals surface area (Å²) in [4.78, 5) is 21.1. The maximum absolute atomic E-state index is 12.6. The summed E-state index contributed by atoms with van der Waals surface area (Å²) in [6, 6.07) is 15.6. The number of benzene rings is 2. The number of carbonyl (C=O) groups excluding carboxylic acids is 1. The van der Waals surface area contributed by atoms with E-state index in [1.165, 1.54) is 11.9 Å². The van der Waals surface area contributed by atoms with E-state index >= 15 is 0 Å². The fourth-order valence-corrected chi connectivity index (χ4v) is 3.88. The average molecular weight is 404 g/mol. The number of amides is 1. The number of aromatic amines is 1. The second kappa shape index (κ2) is 8.45. The Balaban J connectivity index is 1.44. The van der Waals surface area contributed by atoms with Crippen molar-refractivity contribution in [2.24, 2.45) is 0 Å². The molecule has 2 aromatic heterocycles. The Morgan fingerprint density at radius 2 is 1.97 bits per heavy atom. The molecular weight excluding hydrogens is 382 g/mol. The van der Waals surface area contributed by atoms with E-state index in [1.807, 2.05) is 48.5 Å². The molecule has 146 valence electrons. The fourth-order valence-electron chi connectivity index (χ4n) is 2.97. The van der Waals surface area contributed by atoms with Crippen LogP contribution in [0.4, 0.5) is 5.69 Å². The van der Waals surface area contributed by atoms with Crippen LogP contribution >= 0.6 is 11.8 Å². The lowest BCUT2D eigenvalue weighted by molar-refractivity contribution is 0.102. The van der Waals surface area contributed by atoms with Crippen LogP contribution in [-0.4, -0.2) is 26.1 Å². The monoisotopic (exact) mass is 403 g/mol. The normalized spacial score (nSPS) is 11.1. The number of aromatic nitrogens is 4. The van der Waals surface area contributed by atoms with Gasteiger partial charge in [-0.15, -0.1) is 11.8 Å². The van der Waals surface area contributed by atoms with Crippen molar-refractivity contribution < 1.29 is 4.79 Å². The minimum Gasteiger partial charge on any atom is -0.322 e. The minimum atomic E-state index is -0.117. The first-order valence-corrected chi connectivity index (χ1v) is 10.4. The first kappa shape index (κ1) is 19.1. The average Bonchev–Trinajstić information content (AvgIpc) is 3.22. The van der Waals surface area contributed by atoms with Crippen molar-refractivity contribution in [1.82, 2.24) is 20.2 Å². The van der Waals surface area contributed by atoms with Crippen molar-refractivity contribution in [1.29, 1.82) is 0 Å². The van der Waals surface area contributed by atoms with E-state index < -0.39 is 0 Å². The molecule has 4 rings (SSSR count).